The summed E-state index contributed by atoms with van der Waals surface area (Å²) in [5.74, 6) is 1.57. The molecule has 0 saturated heterocycles. The molecule has 0 fully saturated rings. The van der Waals surface area contributed by atoms with Crippen LogP contribution in [0.1, 0.15) is 18.1 Å². The number of hydrogen-bond donors (Lipinski definition) is 1. The van der Waals surface area contributed by atoms with Gasteiger partial charge in [0.1, 0.15) is 6.26 Å². The highest BCUT2D eigenvalue weighted by molar-refractivity contribution is 5.47. The van der Waals surface area contributed by atoms with Crippen LogP contribution in [0, 0.1) is 0 Å². The quantitative estimate of drug-likeness (QED) is 0.836. The van der Waals surface area contributed by atoms with Gasteiger partial charge in [0.25, 0.3) is 0 Å². The van der Waals surface area contributed by atoms with E-state index in [4.69, 9.17) is 18.9 Å². The Labute approximate surface area is 147 Å². The molecule has 0 radical (unpaired) electrons. The fourth-order valence-corrected chi connectivity index (χ4v) is 2.88. The molecular formula is C20H22O5. The first kappa shape index (κ1) is 17.2. The second-order valence-electron chi connectivity index (χ2n) is 5.73. The van der Waals surface area contributed by atoms with Gasteiger partial charge < -0.3 is 24.1 Å². The van der Waals surface area contributed by atoms with Crippen molar-refractivity contribution in [3.05, 3.63) is 71.7 Å². The standard InChI is InChI=1S/C20H22O5/c1-3-24-18-11-16(9-10-17(18)22-2)20(21,19-13-23-14-25-19)12-15-7-5-4-6-8-15/h4-11,13,21H,3,12,14H2,1-2H3. The zero-order valence-corrected chi connectivity index (χ0v) is 14.4. The SMILES string of the molecule is CCOc1cc(C(O)(Cc2ccccc2)C2=COCO2)ccc1OC. The van der Waals surface area contributed by atoms with E-state index in [0.29, 0.717) is 35.8 Å². The van der Waals surface area contributed by atoms with Crippen LogP contribution in [0.15, 0.2) is 60.6 Å². The van der Waals surface area contributed by atoms with Gasteiger partial charge in [0.05, 0.1) is 13.7 Å². The Morgan fingerprint density at radius 2 is 1.92 bits per heavy atom. The average Bonchev–Trinajstić information content (AvgIpc) is 3.18. The number of aliphatic hydroxyl groups is 1. The molecular weight excluding hydrogens is 320 g/mol. The van der Waals surface area contributed by atoms with E-state index in [1.807, 2.05) is 43.3 Å². The molecule has 1 N–H and O–H groups in total. The Kier molecular flexibility index (Phi) is 5.14. The first-order chi connectivity index (χ1) is 12.2. The predicted octanol–water partition coefficient (Wildman–Crippen LogP) is 3.37. The summed E-state index contributed by atoms with van der Waals surface area (Å²) in [6, 6.07) is 15.1. The Hall–Kier alpha value is -2.66. The Bertz CT molecular complexity index is 741. The van der Waals surface area contributed by atoms with Crippen molar-refractivity contribution in [3.8, 4) is 11.5 Å². The van der Waals surface area contributed by atoms with Crippen molar-refractivity contribution in [3.63, 3.8) is 0 Å². The molecule has 0 aromatic heterocycles. The normalized spacial score (nSPS) is 15.6. The molecule has 1 aliphatic heterocycles. The fraction of sp³-hybridized carbons (Fsp3) is 0.300. The van der Waals surface area contributed by atoms with Crippen LogP contribution in [0.4, 0.5) is 0 Å². The zero-order chi connectivity index (χ0) is 17.7. The summed E-state index contributed by atoms with van der Waals surface area (Å²) in [4.78, 5) is 0. The van der Waals surface area contributed by atoms with E-state index in [1.54, 1.807) is 19.2 Å². The van der Waals surface area contributed by atoms with Crippen molar-refractivity contribution in [1.82, 2.24) is 0 Å². The topological polar surface area (TPSA) is 57.2 Å². The van der Waals surface area contributed by atoms with Gasteiger partial charge in [0.2, 0.25) is 6.79 Å². The lowest BCUT2D eigenvalue weighted by Gasteiger charge is -2.29. The maximum atomic E-state index is 11.5. The third-order valence-corrected chi connectivity index (χ3v) is 4.12. The molecule has 1 heterocycles. The Morgan fingerprint density at radius 3 is 2.56 bits per heavy atom. The maximum Gasteiger partial charge on any atom is 0.230 e. The predicted molar refractivity (Wildman–Crippen MR) is 93.3 cm³/mol. The molecule has 0 spiro atoms. The molecule has 2 aromatic rings. The van der Waals surface area contributed by atoms with Gasteiger partial charge in [-0.3, -0.25) is 0 Å². The van der Waals surface area contributed by atoms with E-state index in [9.17, 15) is 5.11 Å². The highest BCUT2D eigenvalue weighted by Gasteiger charge is 2.39. The van der Waals surface area contributed by atoms with E-state index in [-0.39, 0.29) is 6.79 Å². The minimum absolute atomic E-state index is 0.0981. The molecule has 0 bridgehead atoms. The summed E-state index contributed by atoms with van der Waals surface area (Å²) < 4.78 is 21.7. The number of methoxy groups -OCH3 is 1. The summed E-state index contributed by atoms with van der Waals surface area (Å²) in [5.41, 5.74) is 0.267. The van der Waals surface area contributed by atoms with Crippen molar-refractivity contribution >= 4 is 0 Å². The van der Waals surface area contributed by atoms with Gasteiger partial charge >= 0.3 is 0 Å². The van der Waals surface area contributed by atoms with Crippen LogP contribution in [-0.4, -0.2) is 25.6 Å². The molecule has 1 aliphatic rings. The number of benzene rings is 2. The third kappa shape index (κ3) is 3.56. The molecule has 2 aromatic carbocycles. The van der Waals surface area contributed by atoms with Crippen LogP contribution in [0.25, 0.3) is 0 Å². The van der Waals surface area contributed by atoms with Crippen LogP contribution in [0.5, 0.6) is 11.5 Å². The van der Waals surface area contributed by atoms with Crippen molar-refractivity contribution in [2.75, 3.05) is 20.5 Å². The number of ether oxygens (including phenoxy) is 4. The van der Waals surface area contributed by atoms with Crippen LogP contribution >= 0.6 is 0 Å². The molecule has 5 nitrogen and oxygen atoms in total. The Morgan fingerprint density at radius 1 is 1.12 bits per heavy atom. The summed E-state index contributed by atoms with van der Waals surface area (Å²) in [5, 5.41) is 11.5. The molecule has 1 unspecified atom stereocenters. The van der Waals surface area contributed by atoms with E-state index in [0.717, 1.165) is 5.56 Å². The van der Waals surface area contributed by atoms with Crippen LogP contribution in [0.3, 0.4) is 0 Å². The molecule has 0 saturated carbocycles. The summed E-state index contributed by atoms with van der Waals surface area (Å²) in [6.45, 7) is 2.50. The highest BCUT2D eigenvalue weighted by Crippen LogP contribution is 2.39. The summed E-state index contributed by atoms with van der Waals surface area (Å²) >= 11 is 0. The lowest BCUT2D eigenvalue weighted by molar-refractivity contribution is -0.00652. The van der Waals surface area contributed by atoms with Gasteiger partial charge in [-0.05, 0) is 30.2 Å². The van der Waals surface area contributed by atoms with Gasteiger partial charge in [0, 0.05) is 6.42 Å². The highest BCUT2D eigenvalue weighted by atomic mass is 16.7. The van der Waals surface area contributed by atoms with E-state index >= 15 is 0 Å². The number of rotatable bonds is 7. The van der Waals surface area contributed by atoms with Crippen LogP contribution in [-0.2, 0) is 21.5 Å². The molecule has 0 aliphatic carbocycles. The van der Waals surface area contributed by atoms with Gasteiger partial charge in [-0.25, -0.2) is 0 Å². The van der Waals surface area contributed by atoms with Gasteiger partial charge in [0.15, 0.2) is 22.9 Å². The second kappa shape index (κ2) is 7.49. The van der Waals surface area contributed by atoms with E-state index in [1.165, 1.54) is 6.26 Å². The van der Waals surface area contributed by atoms with Crippen molar-refractivity contribution < 1.29 is 24.1 Å². The first-order valence-electron chi connectivity index (χ1n) is 8.20. The van der Waals surface area contributed by atoms with Crippen molar-refractivity contribution in [2.45, 2.75) is 18.9 Å². The Balaban J connectivity index is 2.04. The van der Waals surface area contributed by atoms with Gasteiger partial charge in [-0.2, -0.15) is 0 Å². The van der Waals surface area contributed by atoms with Crippen LogP contribution < -0.4 is 9.47 Å². The summed E-state index contributed by atoms with van der Waals surface area (Å²) in [6.07, 6.45) is 1.81. The second-order valence-corrected chi connectivity index (χ2v) is 5.73. The smallest absolute Gasteiger partial charge is 0.230 e. The minimum atomic E-state index is -1.37. The zero-order valence-electron chi connectivity index (χ0n) is 14.4. The van der Waals surface area contributed by atoms with Gasteiger partial charge in [-0.1, -0.05) is 36.4 Å². The molecule has 0 amide bonds. The van der Waals surface area contributed by atoms with Crippen molar-refractivity contribution in [2.24, 2.45) is 0 Å². The maximum absolute atomic E-state index is 11.5. The third-order valence-electron chi connectivity index (χ3n) is 4.12. The van der Waals surface area contributed by atoms with Gasteiger partial charge in [-0.15, -0.1) is 0 Å². The minimum Gasteiger partial charge on any atom is -0.493 e. The largest absolute Gasteiger partial charge is 0.493 e. The van der Waals surface area contributed by atoms with E-state index in [2.05, 4.69) is 0 Å². The molecule has 5 heteroatoms. The summed E-state index contributed by atoms with van der Waals surface area (Å²) in [7, 11) is 1.59. The molecule has 1 atom stereocenters. The monoisotopic (exact) mass is 342 g/mol. The fourth-order valence-electron chi connectivity index (χ4n) is 2.88. The number of hydrogen-bond acceptors (Lipinski definition) is 5. The average molecular weight is 342 g/mol. The van der Waals surface area contributed by atoms with E-state index < -0.39 is 5.60 Å². The first-order valence-corrected chi connectivity index (χ1v) is 8.20. The lowest BCUT2D eigenvalue weighted by atomic mass is 9.85. The molecule has 3 rings (SSSR count). The molecule has 132 valence electrons. The molecule has 25 heavy (non-hydrogen) atoms. The van der Waals surface area contributed by atoms with Crippen LogP contribution in [0.2, 0.25) is 0 Å². The van der Waals surface area contributed by atoms with Crippen molar-refractivity contribution in [1.29, 1.82) is 0 Å². The lowest BCUT2D eigenvalue weighted by Crippen LogP contribution is -2.31.